The molecule has 0 saturated heterocycles. The average Bonchev–Trinajstić information content (AvgIpc) is 2.13. The zero-order valence-corrected chi connectivity index (χ0v) is 12.0. The molecule has 1 aromatic rings. The van der Waals surface area contributed by atoms with E-state index in [1.54, 1.807) is 18.2 Å². The Morgan fingerprint density at radius 3 is 2.28 bits per heavy atom. The molecule has 0 aliphatic carbocycles. The number of benzene rings is 1. The molecule has 5 heteroatoms. The molecule has 100 valence electrons. The average molecular weight is 269 g/mol. The summed E-state index contributed by atoms with van der Waals surface area (Å²) in [6, 6.07) is 6.57. The smallest absolute Gasteiger partial charge is 0.224 e. The van der Waals surface area contributed by atoms with E-state index in [4.69, 9.17) is 0 Å². The second-order valence-corrected chi connectivity index (χ2v) is 7.34. The normalized spacial score (nSPS) is 12.2. The summed E-state index contributed by atoms with van der Waals surface area (Å²) in [7, 11) is -3.30. The van der Waals surface area contributed by atoms with Gasteiger partial charge in [-0.2, -0.15) is 0 Å². The molecule has 0 radical (unpaired) electrons. The van der Waals surface area contributed by atoms with Gasteiger partial charge in [-0.05, 0) is 32.4 Å². The minimum atomic E-state index is -3.30. The standard InChI is InChI=1S/C13H19NO3S/c1-13(2,3)14-12(15)9-10-7-5-6-8-11(10)18(4,16)17/h5-8H,9H2,1-4H3,(H,14,15). The summed E-state index contributed by atoms with van der Waals surface area (Å²) in [4.78, 5) is 12.0. The number of carbonyl (C=O) groups excluding carboxylic acids is 1. The Morgan fingerprint density at radius 2 is 1.78 bits per heavy atom. The van der Waals surface area contributed by atoms with E-state index >= 15 is 0 Å². The van der Waals surface area contributed by atoms with Gasteiger partial charge in [0.25, 0.3) is 0 Å². The number of hydrogen-bond acceptors (Lipinski definition) is 3. The van der Waals surface area contributed by atoms with Crippen molar-refractivity contribution < 1.29 is 13.2 Å². The molecule has 0 fully saturated rings. The first kappa shape index (κ1) is 14.7. The van der Waals surface area contributed by atoms with Crippen LogP contribution in [0.3, 0.4) is 0 Å². The number of amides is 1. The summed E-state index contributed by atoms with van der Waals surface area (Å²) in [5, 5.41) is 2.81. The Hall–Kier alpha value is -1.36. The maximum absolute atomic E-state index is 11.8. The van der Waals surface area contributed by atoms with Gasteiger partial charge < -0.3 is 5.32 Å². The van der Waals surface area contributed by atoms with Gasteiger partial charge in [0.2, 0.25) is 5.91 Å². The molecular formula is C13H19NO3S. The second-order valence-electron chi connectivity index (χ2n) is 5.35. The molecule has 0 aromatic heterocycles. The fourth-order valence-electron chi connectivity index (χ4n) is 1.65. The second kappa shape index (κ2) is 5.10. The number of hydrogen-bond donors (Lipinski definition) is 1. The van der Waals surface area contributed by atoms with Crippen molar-refractivity contribution in [1.29, 1.82) is 0 Å². The topological polar surface area (TPSA) is 63.2 Å². The molecule has 1 amide bonds. The molecule has 1 aromatic carbocycles. The Balaban J connectivity index is 2.96. The minimum Gasteiger partial charge on any atom is -0.351 e. The Morgan fingerprint density at radius 1 is 1.22 bits per heavy atom. The molecule has 0 saturated carbocycles. The van der Waals surface area contributed by atoms with Gasteiger partial charge in [0.15, 0.2) is 9.84 Å². The van der Waals surface area contributed by atoms with E-state index in [1.165, 1.54) is 6.07 Å². The van der Waals surface area contributed by atoms with E-state index in [1.807, 2.05) is 20.8 Å². The molecule has 0 heterocycles. The number of sulfone groups is 1. The third-order valence-electron chi connectivity index (χ3n) is 2.24. The zero-order valence-electron chi connectivity index (χ0n) is 11.1. The largest absolute Gasteiger partial charge is 0.351 e. The predicted octanol–water partition coefficient (Wildman–Crippen LogP) is 1.55. The summed E-state index contributed by atoms with van der Waals surface area (Å²) < 4.78 is 23.2. The van der Waals surface area contributed by atoms with Crippen LogP contribution in [0.5, 0.6) is 0 Å². The van der Waals surface area contributed by atoms with Crippen LogP contribution in [0, 0.1) is 0 Å². The van der Waals surface area contributed by atoms with Crippen molar-refractivity contribution in [2.45, 2.75) is 37.6 Å². The van der Waals surface area contributed by atoms with Crippen LogP contribution in [-0.4, -0.2) is 26.1 Å². The maximum Gasteiger partial charge on any atom is 0.224 e. The molecule has 0 unspecified atom stereocenters. The zero-order chi connectivity index (χ0) is 14.0. The lowest BCUT2D eigenvalue weighted by atomic mass is 10.1. The van der Waals surface area contributed by atoms with Crippen LogP contribution in [0.2, 0.25) is 0 Å². The van der Waals surface area contributed by atoms with Crippen molar-refractivity contribution in [3.63, 3.8) is 0 Å². The van der Waals surface area contributed by atoms with Crippen LogP contribution in [0.25, 0.3) is 0 Å². The van der Waals surface area contributed by atoms with Crippen molar-refractivity contribution in [2.75, 3.05) is 6.26 Å². The molecule has 1 rings (SSSR count). The molecule has 0 spiro atoms. The van der Waals surface area contributed by atoms with Gasteiger partial charge in [-0.15, -0.1) is 0 Å². The van der Waals surface area contributed by atoms with Crippen LogP contribution in [0.1, 0.15) is 26.3 Å². The summed E-state index contributed by atoms with van der Waals surface area (Å²) in [5.41, 5.74) is 0.207. The van der Waals surface area contributed by atoms with Crippen LogP contribution < -0.4 is 5.32 Å². The van der Waals surface area contributed by atoms with Crippen LogP contribution >= 0.6 is 0 Å². The third kappa shape index (κ3) is 4.49. The van der Waals surface area contributed by atoms with Crippen LogP contribution in [-0.2, 0) is 21.1 Å². The first-order valence-corrected chi connectivity index (χ1v) is 7.58. The van der Waals surface area contributed by atoms with Crippen molar-refractivity contribution in [1.82, 2.24) is 5.32 Å². The molecule has 4 nitrogen and oxygen atoms in total. The first-order chi connectivity index (χ1) is 8.09. The molecule has 1 N–H and O–H groups in total. The lowest BCUT2D eigenvalue weighted by Crippen LogP contribution is -2.41. The summed E-state index contributed by atoms with van der Waals surface area (Å²) in [5.74, 6) is -0.182. The van der Waals surface area contributed by atoms with Gasteiger partial charge >= 0.3 is 0 Å². The highest BCUT2D eigenvalue weighted by Gasteiger charge is 2.18. The van der Waals surface area contributed by atoms with E-state index in [9.17, 15) is 13.2 Å². The quantitative estimate of drug-likeness (QED) is 0.905. The molecule has 0 atom stereocenters. The van der Waals surface area contributed by atoms with Crippen molar-refractivity contribution in [2.24, 2.45) is 0 Å². The van der Waals surface area contributed by atoms with Gasteiger partial charge in [0, 0.05) is 11.8 Å². The Kier molecular flexibility index (Phi) is 4.16. The van der Waals surface area contributed by atoms with E-state index in [0.717, 1.165) is 6.26 Å². The lowest BCUT2D eigenvalue weighted by molar-refractivity contribution is -0.121. The maximum atomic E-state index is 11.8. The minimum absolute atomic E-state index is 0.0700. The van der Waals surface area contributed by atoms with Crippen LogP contribution in [0.15, 0.2) is 29.2 Å². The number of rotatable bonds is 3. The van der Waals surface area contributed by atoms with Crippen molar-refractivity contribution in [3.8, 4) is 0 Å². The highest BCUT2D eigenvalue weighted by atomic mass is 32.2. The molecule has 0 bridgehead atoms. The van der Waals surface area contributed by atoms with Crippen molar-refractivity contribution in [3.05, 3.63) is 29.8 Å². The monoisotopic (exact) mass is 269 g/mol. The van der Waals surface area contributed by atoms with Gasteiger partial charge in [-0.3, -0.25) is 4.79 Å². The summed E-state index contributed by atoms with van der Waals surface area (Å²) in [6.45, 7) is 5.65. The summed E-state index contributed by atoms with van der Waals surface area (Å²) >= 11 is 0. The fraction of sp³-hybridized carbons (Fsp3) is 0.462. The molecule has 0 aliphatic rings. The number of nitrogens with one attached hydrogen (secondary N) is 1. The van der Waals surface area contributed by atoms with Gasteiger partial charge in [-0.1, -0.05) is 18.2 Å². The summed E-state index contributed by atoms with van der Waals surface area (Å²) in [6.07, 6.45) is 1.22. The first-order valence-electron chi connectivity index (χ1n) is 5.68. The van der Waals surface area contributed by atoms with Gasteiger partial charge in [0.05, 0.1) is 11.3 Å². The fourth-order valence-corrected chi connectivity index (χ4v) is 2.59. The Bertz CT molecular complexity index is 542. The predicted molar refractivity (Wildman–Crippen MR) is 71.2 cm³/mol. The highest BCUT2D eigenvalue weighted by Crippen LogP contribution is 2.16. The molecular weight excluding hydrogens is 250 g/mol. The van der Waals surface area contributed by atoms with E-state index < -0.39 is 9.84 Å². The Labute approximate surface area is 108 Å². The molecule has 18 heavy (non-hydrogen) atoms. The third-order valence-corrected chi connectivity index (χ3v) is 3.43. The highest BCUT2D eigenvalue weighted by molar-refractivity contribution is 7.90. The van der Waals surface area contributed by atoms with Gasteiger partial charge in [-0.25, -0.2) is 8.42 Å². The number of carbonyl (C=O) groups is 1. The molecule has 0 aliphatic heterocycles. The van der Waals surface area contributed by atoms with Crippen molar-refractivity contribution >= 4 is 15.7 Å². The van der Waals surface area contributed by atoms with E-state index in [-0.39, 0.29) is 22.8 Å². The van der Waals surface area contributed by atoms with E-state index in [2.05, 4.69) is 5.32 Å². The van der Waals surface area contributed by atoms with E-state index in [0.29, 0.717) is 5.56 Å². The lowest BCUT2D eigenvalue weighted by Gasteiger charge is -2.20. The van der Waals surface area contributed by atoms with Crippen LogP contribution in [0.4, 0.5) is 0 Å². The van der Waals surface area contributed by atoms with Gasteiger partial charge in [0.1, 0.15) is 0 Å². The SMILES string of the molecule is CC(C)(C)NC(=O)Cc1ccccc1S(C)(=O)=O.